The van der Waals surface area contributed by atoms with E-state index in [0.717, 1.165) is 19.3 Å². The van der Waals surface area contributed by atoms with Crippen molar-refractivity contribution in [3.63, 3.8) is 0 Å². The highest BCUT2D eigenvalue weighted by molar-refractivity contribution is 5.77. The first-order chi connectivity index (χ1) is 9.08. The monoisotopic (exact) mass is 266 g/mol. The van der Waals surface area contributed by atoms with Gasteiger partial charge in [0.25, 0.3) is 0 Å². The topological polar surface area (TPSA) is 46.3 Å². The minimum absolute atomic E-state index is 0.267. The van der Waals surface area contributed by atoms with Gasteiger partial charge in [-0.3, -0.25) is 4.79 Å². The van der Waals surface area contributed by atoms with Crippen LogP contribution in [0.25, 0.3) is 0 Å². The van der Waals surface area contributed by atoms with Crippen LogP contribution in [0, 0.1) is 11.8 Å². The summed E-state index contributed by atoms with van der Waals surface area (Å²) in [5.41, 5.74) is 5.81. The summed E-state index contributed by atoms with van der Waals surface area (Å²) in [4.78, 5) is 14.5. The molecule has 0 radical (unpaired) electrons. The molecule has 0 spiro atoms. The lowest BCUT2D eigenvalue weighted by molar-refractivity contribution is -0.133. The van der Waals surface area contributed by atoms with E-state index < -0.39 is 0 Å². The van der Waals surface area contributed by atoms with Gasteiger partial charge in [-0.25, -0.2) is 0 Å². The van der Waals surface area contributed by atoms with Gasteiger partial charge in [0, 0.05) is 19.0 Å². The minimum atomic E-state index is 0.267. The van der Waals surface area contributed by atoms with Crippen molar-refractivity contribution in [1.82, 2.24) is 4.90 Å². The molecule has 0 heterocycles. The molecule has 110 valence electrons. The standard InChI is InChI=1S/C16H30N2O/c1-4-9-18(15-7-5-6-8-15)16(19)11-14(12-17)10-13(2)3/h4,13-15H,1,5-12,17H2,2-3H3/t14-/m0/s1. The molecule has 1 aliphatic rings. The summed E-state index contributed by atoms with van der Waals surface area (Å²) < 4.78 is 0. The molecule has 1 fully saturated rings. The Kier molecular flexibility index (Phi) is 7.14. The van der Waals surface area contributed by atoms with E-state index in [2.05, 4.69) is 20.4 Å². The number of hydrogen-bond acceptors (Lipinski definition) is 2. The summed E-state index contributed by atoms with van der Waals surface area (Å²) in [5.74, 6) is 1.19. The van der Waals surface area contributed by atoms with Crippen molar-refractivity contribution >= 4 is 5.91 Å². The Labute approximate surface area is 118 Å². The highest BCUT2D eigenvalue weighted by Crippen LogP contribution is 2.25. The molecule has 0 aromatic carbocycles. The highest BCUT2D eigenvalue weighted by Gasteiger charge is 2.27. The van der Waals surface area contributed by atoms with E-state index in [-0.39, 0.29) is 5.91 Å². The summed E-state index contributed by atoms with van der Waals surface area (Å²) in [6.45, 7) is 9.45. The Morgan fingerprint density at radius 1 is 1.42 bits per heavy atom. The molecule has 0 bridgehead atoms. The first-order valence-corrected chi connectivity index (χ1v) is 7.68. The van der Waals surface area contributed by atoms with E-state index in [0.29, 0.717) is 37.4 Å². The molecule has 0 unspecified atom stereocenters. The van der Waals surface area contributed by atoms with Crippen molar-refractivity contribution in [1.29, 1.82) is 0 Å². The summed E-state index contributed by atoms with van der Waals surface area (Å²) in [5, 5.41) is 0. The van der Waals surface area contributed by atoms with Crippen LogP contribution in [-0.2, 0) is 4.79 Å². The zero-order valence-corrected chi connectivity index (χ0v) is 12.6. The van der Waals surface area contributed by atoms with Gasteiger partial charge < -0.3 is 10.6 Å². The molecule has 0 aromatic heterocycles. The predicted molar refractivity (Wildman–Crippen MR) is 80.8 cm³/mol. The van der Waals surface area contributed by atoms with Gasteiger partial charge in [-0.2, -0.15) is 0 Å². The highest BCUT2D eigenvalue weighted by atomic mass is 16.2. The van der Waals surface area contributed by atoms with E-state index in [4.69, 9.17) is 5.73 Å². The summed E-state index contributed by atoms with van der Waals surface area (Å²) >= 11 is 0. The molecule has 3 heteroatoms. The number of amides is 1. The van der Waals surface area contributed by atoms with Crippen molar-refractivity contribution in [3.05, 3.63) is 12.7 Å². The molecular weight excluding hydrogens is 236 g/mol. The lowest BCUT2D eigenvalue weighted by Gasteiger charge is -2.29. The summed E-state index contributed by atoms with van der Waals surface area (Å²) in [6, 6.07) is 0.433. The van der Waals surface area contributed by atoms with Crippen LogP contribution in [0.5, 0.6) is 0 Å². The fourth-order valence-electron chi connectivity index (χ4n) is 3.10. The summed E-state index contributed by atoms with van der Waals surface area (Å²) in [7, 11) is 0. The Bertz CT molecular complexity index is 282. The lowest BCUT2D eigenvalue weighted by atomic mass is 9.93. The van der Waals surface area contributed by atoms with Gasteiger partial charge in [-0.15, -0.1) is 6.58 Å². The zero-order chi connectivity index (χ0) is 14.3. The van der Waals surface area contributed by atoms with E-state index >= 15 is 0 Å². The molecule has 0 aliphatic heterocycles. The molecule has 1 rings (SSSR count). The van der Waals surface area contributed by atoms with Gasteiger partial charge in [0.2, 0.25) is 5.91 Å². The fraction of sp³-hybridized carbons (Fsp3) is 0.812. The molecule has 0 saturated heterocycles. The van der Waals surface area contributed by atoms with Crippen molar-refractivity contribution < 1.29 is 4.79 Å². The van der Waals surface area contributed by atoms with Crippen LogP contribution in [0.1, 0.15) is 52.4 Å². The Hall–Kier alpha value is -0.830. The van der Waals surface area contributed by atoms with Crippen LogP contribution in [-0.4, -0.2) is 29.9 Å². The normalized spacial score (nSPS) is 17.7. The van der Waals surface area contributed by atoms with Gasteiger partial charge >= 0.3 is 0 Å². The quantitative estimate of drug-likeness (QED) is 0.687. The van der Waals surface area contributed by atoms with Crippen LogP contribution >= 0.6 is 0 Å². The Morgan fingerprint density at radius 3 is 2.53 bits per heavy atom. The first kappa shape index (κ1) is 16.2. The zero-order valence-electron chi connectivity index (χ0n) is 12.6. The number of carbonyl (C=O) groups is 1. The van der Waals surface area contributed by atoms with E-state index in [1.54, 1.807) is 0 Å². The third-order valence-corrected chi connectivity index (χ3v) is 4.01. The maximum absolute atomic E-state index is 12.5. The van der Waals surface area contributed by atoms with Gasteiger partial charge in [0.1, 0.15) is 0 Å². The lowest BCUT2D eigenvalue weighted by Crippen LogP contribution is -2.40. The van der Waals surface area contributed by atoms with Gasteiger partial charge in [0.05, 0.1) is 0 Å². The Balaban J connectivity index is 2.57. The summed E-state index contributed by atoms with van der Waals surface area (Å²) in [6.07, 6.45) is 8.27. The third-order valence-electron chi connectivity index (χ3n) is 4.01. The second-order valence-electron chi connectivity index (χ2n) is 6.21. The van der Waals surface area contributed by atoms with Crippen molar-refractivity contribution in [3.8, 4) is 0 Å². The molecule has 19 heavy (non-hydrogen) atoms. The van der Waals surface area contributed by atoms with Gasteiger partial charge in [-0.1, -0.05) is 32.8 Å². The van der Waals surface area contributed by atoms with Crippen LogP contribution < -0.4 is 5.73 Å². The number of rotatable bonds is 8. The number of nitrogens with zero attached hydrogens (tertiary/aromatic N) is 1. The third kappa shape index (κ3) is 5.35. The number of nitrogens with two attached hydrogens (primary N) is 1. The van der Waals surface area contributed by atoms with E-state index in [9.17, 15) is 4.79 Å². The average molecular weight is 266 g/mol. The van der Waals surface area contributed by atoms with Crippen LogP contribution in [0.3, 0.4) is 0 Å². The van der Waals surface area contributed by atoms with Gasteiger partial charge in [-0.05, 0) is 37.6 Å². The molecule has 1 aliphatic carbocycles. The second-order valence-corrected chi connectivity index (χ2v) is 6.21. The maximum Gasteiger partial charge on any atom is 0.223 e. The molecular formula is C16H30N2O. The number of hydrogen-bond donors (Lipinski definition) is 1. The maximum atomic E-state index is 12.5. The van der Waals surface area contributed by atoms with Crippen LogP contribution in [0.4, 0.5) is 0 Å². The molecule has 1 saturated carbocycles. The van der Waals surface area contributed by atoms with Crippen LogP contribution in [0.15, 0.2) is 12.7 Å². The van der Waals surface area contributed by atoms with E-state index in [1.165, 1.54) is 12.8 Å². The molecule has 0 aromatic rings. The second kappa shape index (κ2) is 8.36. The first-order valence-electron chi connectivity index (χ1n) is 7.68. The van der Waals surface area contributed by atoms with Crippen molar-refractivity contribution in [2.75, 3.05) is 13.1 Å². The minimum Gasteiger partial charge on any atom is -0.336 e. The molecule has 3 nitrogen and oxygen atoms in total. The molecule has 1 amide bonds. The molecule has 2 N–H and O–H groups in total. The fourth-order valence-corrected chi connectivity index (χ4v) is 3.10. The number of carbonyl (C=O) groups excluding carboxylic acids is 1. The van der Waals surface area contributed by atoms with Crippen molar-refractivity contribution in [2.24, 2.45) is 17.6 Å². The van der Waals surface area contributed by atoms with Gasteiger partial charge in [0.15, 0.2) is 0 Å². The largest absolute Gasteiger partial charge is 0.336 e. The molecule has 1 atom stereocenters. The SMILES string of the molecule is C=CCN(C(=O)C[C@@H](CN)CC(C)C)C1CCCC1. The predicted octanol–water partition coefficient (Wildman–Crippen LogP) is 2.95. The van der Waals surface area contributed by atoms with Crippen molar-refractivity contribution in [2.45, 2.75) is 58.4 Å². The smallest absolute Gasteiger partial charge is 0.223 e. The Morgan fingerprint density at radius 2 is 2.05 bits per heavy atom. The average Bonchev–Trinajstić information content (AvgIpc) is 2.87. The van der Waals surface area contributed by atoms with Crippen LogP contribution in [0.2, 0.25) is 0 Å². The van der Waals surface area contributed by atoms with E-state index in [1.807, 2.05) is 11.0 Å².